The third-order valence-corrected chi connectivity index (χ3v) is 3.24. The number of hydrogen-bond acceptors (Lipinski definition) is 4. The molecule has 0 N–H and O–H groups in total. The Morgan fingerprint density at radius 3 is 2.47 bits per heavy atom. The zero-order valence-corrected chi connectivity index (χ0v) is 13.0. The Balaban J connectivity index is 2.91. The number of likely N-dealkylation sites (tertiary alicyclic amines) is 1. The van der Waals surface area contributed by atoms with Crippen molar-refractivity contribution in [3.63, 3.8) is 0 Å². The molecular formula is C12H19Cl2NO4. The van der Waals surface area contributed by atoms with Crippen LogP contribution in [0.5, 0.6) is 0 Å². The standard InChI is InChI=1S/C12H19Cl2NO4/c1-11(2,3)19-10(17)15-6-8(14)5-12(15,4)9(16)18-7-13/h8H,5-7H2,1-4H3. The van der Waals surface area contributed by atoms with Gasteiger partial charge in [-0.2, -0.15) is 0 Å². The number of halogens is 2. The van der Waals surface area contributed by atoms with Crippen LogP contribution in [0.4, 0.5) is 4.79 Å². The second-order valence-corrected chi connectivity index (χ2v) is 6.54. The maximum Gasteiger partial charge on any atom is 0.411 e. The highest BCUT2D eigenvalue weighted by Gasteiger charge is 2.51. The van der Waals surface area contributed by atoms with Gasteiger partial charge in [0.1, 0.15) is 11.1 Å². The molecular weight excluding hydrogens is 293 g/mol. The van der Waals surface area contributed by atoms with Gasteiger partial charge in [-0.15, -0.1) is 11.6 Å². The van der Waals surface area contributed by atoms with Crippen LogP contribution in [0.1, 0.15) is 34.1 Å². The Morgan fingerprint density at radius 2 is 2.00 bits per heavy atom. The molecule has 19 heavy (non-hydrogen) atoms. The van der Waals surface area contributed by atoms with Crippen LogP contribution in [0.15, 0.2) is 0 Å². The first-order valence-corrected chi connectivity index (χ1v) is 6.95. The van der Waals surface area contributed by atoms with Crippen LogP contribution >= 0.6 is 23.2 Å². The highest BCUT2D eigenvalue weighted by Crippen LogP contribution is 2.34. The first-order valence-electron chi connectivity index (χ1n) is 5.98. The normalized spacial score (nSPS) is 27.3. The van der Waals surface area contributed by atoms with Crippen molar-refractivity contribution in [3.8, 4) is 0 Å². The third kappa shape index (κ3) is 3.89. The summed E-state index contributed by atoms with van der Waals surface area (Å²) in [5, 5.41) is -0.319. The minimum absolute atomic E-state index is 0.240. The lowest BCUT2D eigenvalue weighted by molar-refractivity contribution is -0.153. The van der Waals surface area contributed by atoms with Crippen molar-refractivity contribution >= 4 is 35.3 Å². The van der Waals surface area contributed by atoms with E-state index in [0.29, 0.717) is 6.42 Å². The topological polar surface area (TPSA) is 55.8 Å². The maximum atomic E-state index is 12.1. The van der Waals surface area contributed by atoms with Gasteiger partial charge in [-0.25, -0.2) is 9.59 Å². The Bertz CT molecular complexity index is 369. The molecule has 5 nitrogen and oxygen atoms in total. The van der Waals surface area contributed by atoms with Gasteiger partial charge in [0.25, 0.3) is 0 Å². The van der Waals surface area contributed by atoms with Crippen molar-refractivity contribution in [2.24, 2.45) is 0 Å². The molecule has 0 saturated carbocycles. The summed E-state index contributed by atoms with van der Waals surface area (Å²) >= 11 is 11.5. The molecule has 7 heteroatoms. The van der Waals surface area contributed by atoms with Crippen LogP contribution in [-0.2, 0) is 14.3 Å². The smallest absolute Gasteiger partial charge is 0.411 e. The van der Waals surface area contributed by atoms with E-state index in [1.54, 1.807) is 27.7 Å². The Morgan fingerprint density at radius 1 is 1.42 bits per heavy atom. The summed E-state index contributed by atoms with van der Waals surface area (Å²) in [6, 6.07) is -0.260. The predicted molar refractivity (Wildman–Crippen MR) is 72.4 cm³/mol. The van der Waals surface area contributed by atoms with Crippen LogP contribution in [0.3, 0.4) is 0 Å². The molecule has 110 valence electrons. The highest BCUT2D eigenvalue weighted by molar-refractivity contribution is 6.21. The zero-order valence-electron chi connectivity index (χ0n) is 11.5. The number of amides is 1. The molecule has 1 amide bonds. The fraction of sp³-hybridized carbons (Fsp3) is 0.833. The van der Waals surface area contributed by atoms with Crippen LogP contribution < -0.4 is 0 Å². The number of rotatable bonds is 2. The summed E-state index contributed by atoms with van der Waals surface area (Å²) < 4.78 is 10.1. The van der Waals surface area contributed by atoms with Crippen molar-refractivity contribution in [1.82, 2.24) is 4.90 Å². The lowest BCUT2D eigenvalue weighted by atomic mass is 9.99. The van der Waals surface area contributed by atoms with E-state index in [0.717, 1.165) is 0 Å². The van der Waals surface area contributed by atoms with Crippen molar-refractivity contribution in [1.29, 1.82) is 0 Å². The van der Waals surface area contributed by atoms with Gasteiger partial charge < -0.3 is 9.47 Å². The lowest BCUT2D eigenvalue weighted by Crippen LogP contribution is -2.52. The van der Waals surface area contributed by atoms with E-state index in [1.165, 1.54) is 4.90 Å². The second-order valence-electron chi connectivity index (χ2n) is 5.71. The van der Waals surface area contributed by atoms with E-state index in [4.69, 9.17) is 32.7 Å². The van der Waals surface area contributed by atoms with E-state index < -0.39 is 23.2 Å². The number of ether oxygens (including phenoxy) is 2. The summed E-state index contributed by atoms with van der Waals surface area (Å²) in [5.74, 6) is -0.573. The lowest BCUT2D eigenvalue weighted by Gasteiger charge is -2.33. The summed E-state index contributed by atoms with van der Waals surface area (Å²) in [4.78, 5) is 25.4. The van der Waals surface area contributed by atoms with Crippen LogP contribution in [0.25, 0.3) is 0 Å². The van der Waals surface area contributed by atoms with Crippen LogP contribution in [0, 0.1) is 0 Å². The minimum Gasteiger partial charge on any atom is -0.448 e. The number of alkyl halides is 2. The first kappa shape index (κ1) is 16.4. The van der Waals surface area contributed by atoms with E-state index in [1.807, 2.05) is 0 Å². The van der Waals surface area contributed by atoms with E-state index in [-0.39, 0.29) is 18.0 Å². The molecule has 0 radical (unpaired) electrons. The maximum absolute atomic E-state index is 12.1. The van der Waals surface area contributed by atoms with Gasteiger partial charge in [0.2, 0.25) is 0 Å². The molecule has 0 aromatic heterocycles. The number of nitrogens with zero attached hydrogens (tertiary/aromatic N) is 1. The van der Waals surface area contributed by atoms with Gasteiger partial charge in [0.05, 0.1) is 5.38 Å². The average Bonchev–Trinajstić information content (AvgIpc) is 2.53. The van der Waals surface area contributed by atoms with Crippen molar-refractivity contribution in [2.45, 2.75) is 50.6 Å². The number of carbonyl (C=O) groups excluding carboxylic acids is 2. The van der Waals surface area contributed by atoms with E-state index in [2.05, 4.69) is 0 Å². The fourth-order valence-corrected chi connectivity index (χ4v) is 2.53. The Kier molecular flexibility index (Phi) is 4.96. The third-order valence-electron chi connectivity index (χ3n) is 2.83. The molecule has 1 rings (SSSR count). The predicted octanol–water partition coefficient (Wildman–Crippen LogP) is 2.73. The molecule has 0 aromatic rings. The van der Waals surface area contributed by atoms with Crippen LogP contribution in [-0.4, -0.2) is 46.1 Å². The van der Waals surface area contributed by atoms with Gasteiger partial charge in [0.15, 0.2) is 6.07 Å². The Hall–Kier alpha value is -0.680. The number of esters is 1. The molecule has 0 aromatic carbocycles. The molecule has 0 spiro atoms. The fourth-order valence-electron chi connectivity index (χ4n) is 2.00. The van der Waals surface area contributed by atoms with Crippen molar-refractivity contribution < 1.29 is 19.1 Å². The van der Waals surface area contributed by atoms with Gasteiger partial charge in [-0.3, -0.25) is 4.90 Å². The SMILES string of the molecule is CC(C)(C)OC(=O)N1CC(Cl)CC1(C)C(=O)OCCl. The largest absolute Gasteiger partial charge is 0.448 e. The molecule has 2 atom stereocenters. The van der Waals surface area contributed by atoms with Gasteiger partial charge in [-0.1, -0.05) is 11.6 Å². The van der Waals surface area contributed by atoms with Crippen LogP contribution in [0.2, 0.25) is 0 Å². The molecule has 1 heterocycles. The molecule has 0 bridgehead atoms. The Labute approximate surface area is 123 Å². The number of hydrogen-bond donors (Lipinski definition) is 0. The van der Waals surface area contributed by atoms with E-state index in [9.17, 15) is 9.59 Å². The summed E-state index contributed by atoms with van der Waals surface area (Å²) in [6.07, 6.45) is -0.270. The van der Waals surface area contributed by atoms with Crippen molar-refractivity contribution in [2.75, 3.05) is 12.6 Å². The highest BCUT2D eigenvalue weighted by atomic mass is 35.5. The molecule has 1 fully saturated rings. The molecule has 2 unspecified atom stereocenters. The summed E-state index contributed by atoms with van der Waals surface area (Å²) in [6.45, 7) is 7.12. The number of carbonyl (C=O) groups is 2. The molecule has 1 aliphatic rings. The van der Waals surface area contributed by atoms with Gasteiger partial charge in [0, 0.05) is 6.54 Å². The zero-order chi connectivity index (χ0) is 14.8. The van der Waals surface area contributed by atoms with Crippen molar-refractivity contribution in [3.05, 3.63) is 0 Å². The monoisotopic (exact) mass is 311 g/mol. The molecule has 0 aliphatic carbocycles. The first-order chi connectivity index (χ1) is 8.60. The van der Waals surface area contributed by atoms with E-state index >= 15 is 0 Å². The minimum atomic E-state index is -1.14. The van der Waals surface area contributed by atoms with Gasteiger partial charge in [-0.05, 0) is 34.1 Å². The molecule has 1 saturated heterocycles. The average molecular weight is 312 g/mol. The molecule has 1 aliphatic heterocycles. The summed E-state index contributed by atoms with van der Waals surface area (Å²) in [5.41, 5.74) is -1.78. The summed E-state index contributed by atoms with van der Waals surface area (Å²) in [7, 11) is 0. The quantitative estimate of drug-likeness (QED) is 0.581. The van der Waals surface area contributed by atoms with Gasteiger partial charge >= 0.3 is 12.1 Å². The second kappa shape index (κ2) is 5.75.